The Morgan fingerprint density at radius 1 is 1.14 bits per heavy atom. The zero-order chi connectivity index (χ0) is 14.4. The first-order chi connectivity index (χ1) is 10.2. The van der Waals surface area contributed by atoms with Crippen LogP contribution in [0.5, 0.6) is 0 Å². The van der Waals surface area contributed by atoms with Gasteiger partial charge in [-0.05, 0) is 62.6 Å². The summed E-state index contributed by atoms with van der Waals surface area (Å²) in [5.74, 6) is 7.35. The molecule has 0 heterocycles. The third-order valence-corrected chi connectivity index (χ3v) is 5.28. The Morgan fingerprint density at radius 3 is 2.62 bits per heavy atom. The number of rotatable bonds is 0. The van der Waals surface area contributed by atoms with Crippen LogP contribution in [0.3, 0.4) is 0 Å². The van der Waals surface area contributed by atoms with Crippen molar-refractivity contribution < 1.29 is 9.90 Å². The molecule has 3 aliphatic carbocycles. The highest BCUT2D eigenvalue weighted by Gasteiger charge is 2.46. The monoisotopic (exact) mass is 280 g/mol. The van der Waals surface area contributed by atoms with Gasteiger partial charge in [0.05, 0.1) is 6.10 Å². The van der Waals surface area contributed by atoms with Gasteiger partial charge in [0, 0.05) is 22.5 Å². The predicted octanol–water partition coefficient (Wildman–Crippen LogP) is 3.11. The molecule has 1 N–H and O–H groups in total. The first kappa shape index (κ1) is 13.1. The molecule has 0 atom stereocenters. The van der Waals surface area contributed by atoms with Crippen molar-refractivity contribution in [2.24, 2.45) is 11.3 Å². The molecule has 0 aromatic heterocycles. The topological polar surface area (TPSA) is 37.3 Å². The molecule has 2 nitrogen and oxygen atoms in total. The molecule has 3 aliphatic rings. The summed E-state index contributed by atoms with van der Waals surface area (Å²) in [6.45, 7) is 0. The molecule has 0 unspecified atom stereocenters. The molecule has 21 heavy (non-hydrogen) atoms. The average molecular weight is 280 g/mol. The number of benzene rings is 1. The molecular weight excluding hydrogens is 260 g/mol. The van der Waals surface area contributed by atoms with Crippen molar-refractivity contribution in [2.75, 3.05) is 0 Å². The van der Waals surface area contributed by atoms with Crippen LogP contribution in [0.2, 0.25) is 0 Å². The number of hydrogen-bond donors (Lipinski definition) is 1. The second kappa shape index (κ2) is 4.71. The summed E-state index contributed by atoms with van der Waals surface area (Å²) in [6, 6.07) is 6.13. The molecule has 2 fully saturated rings. The van der Waals surface area contributed by atoms with E-state index >= 15 is 0 Å². The minimum absolute atomic E-state index is 0.216. The average Bonchev–Trinajstić information content (AvgIpc) is 3.28. The summed E-state index contributed by atoms with van der Waals surface area (Å²) in [7, 11) is 0. The summed E-state index contributed by atoms with van der Waals surface area (Å²) >= 11 is 0. The molecule has 0 radical (unpaired) electrons. The number of ketones is 1. The van der Waals surface area contributed by atoms with Crippen molar-refractivity contribution in [2.45, 2.75) is 51.0 Å². The summed E-state index contributed by atoms with van der Waals surface area (Å²) < 4.78 is 0. The maximum atomic E-state index is 12.9. The quantitative estimate of drug-likeness (QED) is 0.741. The lowest BCUT2D eigenvalue weighted by molar-refractivity contribution is 0.0513. The largest absolute Gasteiger partial charge is 0.393 e. The summed E-state index contributed by atoms with van der Waals surface area (Å²) in [5.41, 5.74) is 2.80. The number of aliphatic hydroxyl groups is 1. The van der Waals surface area contributed by atoms with Gasteiger partial charge >= 0.3 is 0 Å². The van der Waals surface area contributed by atoms with E-state index in [0.717, 1.165) is 43.2 Å². The molecule has 0 aliphatic heterocycles. The zero-order valence-electron chi connectivity index (χ0n) is 12.2. The van der Waals surface area contributed by atoms with Crippen LogP contribution in [0.15, 0.2) is 18.2 Å². The van der Waals surface area contributed by atoms with Crippen LogP contribution in [0, 0.1) is 23.2 Å². The molecule has 1 spiro atoms. The van der Waals surface area contributed by atoms with Crippen molar-refractivity contribution >= 4 is 5.78 Å². The van der Waals surface area contributed by atoms with Crippen LogP contribution in [-0.2, 0) is 6.42 Å². The number of carbonyl (C=O) groups excluding carboxylic acids is 1. The molecule has 0 saturated heterocycles. The Hall–Kier alpha value is -1.59. The number of hydrogen-bond acceptors (Lipinski definition) is 2. The van der Waals surface area contributed by atoms with E-state index in [9.17, 15) is 9.90 Å². The van der Waals surface area contributed by atoms with E-state index in [2.05, 4.69) is 24.0 Å². The summed E-state index contributed by atoms with van der Waals surface area (Å²) in [5, 5.41) is 9.70. The fraction of sp³-hybridized carbons (Fsp3) is 0.526. The first-order valence-corrected chi connectivity index (χ1v) is 8.04. The van der Waals surface area contributed by atoms with Crippen LogP contribution >= 0.6 is 0 Å². The molecule has 1 aromatic carbocycles. The molecule has 1 aromatic rings. The van der Waals surface area contributed by atoms with Gasteiger partial charge in [-0.3, -0.25) is 4.79 Å². The highest BCUT2D eigenvalue weighted by molar-refractivity contribution is 6.05. The third-order valence-electron chi connectivity index (χ3n) is 5.28. The van der Waals surface area contributed by atoms with Crippen molar-refractivity contribution in [3.63, 3.8) is 0 Å². The standard InChI is InChI=1S/C19H20O2/c20-16-7-9-19(10-8-16)12-15-6-5-14(4-3-13-1-2-13)11-17(15)18(19)21/h5-6,11,13,16,20H,1-2,7-10,12H2. The Labute approximate surface area is 125 Å². The predicted molar refractivity (Wildman–Crippen MR) is 81.0 cm³/mol. The van der Waals surface area contributed by atoms with E-state index in [1.54, 1.807) is 0 Å². The van der Waals surface area contributed by atoms with Crippen molar-refractivity contribution in [3.8, 4) is 11.8 Å². The van der Waals surface area contributed by atoms with E-state index in [1.807, 2.05) is 6.07 Å². The van der Waals surface area contributed by atoms with Gasteiger partial charge in [-0.1, -0.05) is 17.9 Å². The van der Waals surface area contributed by atoms with Gasteiger partial charge in [0.15, 0.2) is 5.78 Å². The summed E-state index contributed by atoms with van der Waals surface area (Å²) in [6.07, 6.45) is 6.25. The molecular formula is C19H20O2. The van der Waals surface area contributed by atoms with Crippen LogP contribution in [-0.4, -0.2) is 17.0 Å². The fourth-order valence-corrected chi connectivity index (χ4v) is 3.72. The normalized spacial score (nSPS) is 30.9. The minimum atomic E-state index is -0.232. The number of Topliss-reactive ketones (excluding diaryl/α,β-unsaturated/α-hetero) is 1. The van der Waals surface area contributed by atoms with E-state index < -0.39 is 0 Å². The molecule has 4 rings (SSSR count). The highest BCUT2D eigenvalue weighted by Crippen LogP contribution is 2.47. The molecule has 0 amide bonds. The van der Waals surface area contributed by atoms with Crippen LogP contribution in [0.25, 0.3) is 0 Å². The lowest BCUT2D eigenvalue weighted by Crippen LogP contribution is -2.34. The molecule has 0 bridgehead atoms. The molecule has 108 valence electrons. The van der Waals surface area contributed by atoms with Crippen molar-refractivity contribution in [1.29, 1.82) is 0 Å². The molecule has 2 saturated carbocycles. The Balaban J connectivity index is 1.62. The van der Waals surface area contributed by atoms with E-state index in [0.29, 0.717) is 11.7 Å². The lowest BCUT2D eigenvalue weighted by atomic mass is 9.70. The van der Waals surface area contributed by atoms with Gasteiger partial charge in [0.2, 0.25) is 0 Å². The SMILES string of the molecule is O=C1c2cc(C#CC3CC3)ccc2CC12CCC(O)CC2. The van der Waals surface area contributed by atoms with Crippen molar-refractivity contribution in [3.05, 3.63) is 34.9 Å². The van der Waals surface area contributed by atoms with E-state index in [1.165, 1.54) is 18.4 Å². The van der Waals surface area contributed by atoms with E-state index in [-0.39, 0.29) is 11.5 Å². The van der Waals surface area contributed by atoms with Gasteiger partial charge < -0.3 is 5.11 Å². The van der Waals surface area contributed by atoms with Gasteiger partial charge in [0.25, 0.3) is 0 Å². The van der Waals surface area contributed by atoms with Crippen molar-refractivity contribution in [1.82, 2.24) is 0 Å². The smallest absolute Gasteiger partial charge is 0.169 e. The summed E-state index contributed by atoms with van der Waals surface area (Å²) in [4.78, 5) is 12.9. The fourth-order valence-electron chi connectivity index (χ4n) is 3.72. The number of carbonyl (C=O) groups is 1. The lowest BCUT2D eigenvalue weighted by Gasteiger charge is -2.33. The number of aliphatic hydroxyl groups excluding tert-OH is 1. The van der Waals surface area contributed by atoms with Crippen LogP contribution in [0.4, 0.5) is 0 Å². The Morgan fingerprint density at radius 2 is 1.90 bits per heavy atom. The zero-order valence-corrected chi connectivity index (χ0v) is 12.2. The minimum Gasteiger partial charge on any atom is -0.393 e. The highest BCUT2D eigenvalue weighted by atomic mass is 16.3. The second-order valence-electron chi connectivity index (χ2n) is 6.93. The van der Waals surface area contributed by atoms with Crippen LogP contribution < -0.4 is 0 Å². The maximum absolute atomic E-state index is 12.9. The first-order valence-electron chi connectivity index (χ1n) is 8.04. The third kappa shape index (κ3) is 2.30. The van der Waals surface area contributed by atoms with E-state index in [4.69, 9.17) is 0 Å². The van der Waals surface area contributed by atoms with Gasteiger partial charge in [0.1, 0.15) is 0 Å². The molecule has 2 heteroatoms. The number of fused-ring (bicyclic) bond motifs is 1. The van der Waals surface area contributed by atoms with Crippen LogP contribution in [0.1, 0.15) is 60.0 Å². The Kier molecular flexibility index (Phi) is 2.94. The maximum Gasteiger partial charge on any atom is 0.169 e. The van der Waals surface area contributed by atoms with Gasteiger partial charge in [-0.2, -0.15) is 0 Å². The van der Waals surface area contributed by atoms with Gasteiger partial charge in [-0.15, -0.1) is 0 Å². The second-order valence-corrected chi connectivity index (χ2v) is 6.93. The Bertz CT molecular complexity index is 650. The van der Waals surface area contributed by atoms with Gasteiger partial charge in [-0.25, -0.2) is 0 Å².